The van der Waals surface area contributed by atoms with Crippen LogP contribution in [-0.4, -0.2) is 60.3 Å². The summed E-state index contributed by atoms with van der Waals surface area (Å²) in [5.74, 6) is -1.42. The number of piperidine rings is 1. The van der Waals surface area contributed by atoms with Gasteiger partial charge in [0.1, 0.15) is 11.6 Å². The minimum absolute atomic E-state index is 0.0517. The average molecular weight is 572 g/mol. The van der Waals surface area contributed by atoms with E-state index in [4.69, 9.17) is 5.11 Å². The lowest BCUT2D eigenvalue weighted by molar-refractivity contribution is -0.142. The van der Waals surface area contributed by atoms with Crippen molar-refractivity contribution in [3.8, 4) is 11.1 Å². The maximum atomic E-state index is 15.5. The largest absolute Gasteiger partial charge is 0.465 e. The van der Waals surface area contributed by atoms with Gasteiger partial charge in [-0.1, -0.05) is 29.8 Å². The smallest absolute Gasteiger partial charge is 0.404 e. The third-order valence-electron chi connectivity index (χ3n) is 8.94. The molecular formula is C32H43F2N3O4. The van der Waals surface area contributed by atoms with E-state index in [0.717, 1.165) is 43.9 Å². The Morgan fingerprint density at radius 3 is 2.54 bits per heavy atom. The maximum Gasteiger partial charge on any atom is 0.404 e. The second kappa shape index (κ2) is 13.7. The Morgan fingerprint density at radius 1 is 1.10 bits per heavy atom. The Balaban J connectivity index is 1.66. The normalized spacial score (nSPS) is 22.7. The third kappa shape index (κ3) is 7.43. The van der Waals surface area contributed by atoms with E-state index in [2.05, 4.69) is 10.6 Å². The lowest BCUT2D eigenvalue weighted by Crippen LogP contribution is -2.50. The van der Waals surface area contributed by atoms with Gasteiger partial charge in [-0.25, -0.2) is 13.6 Å². The highest BCUT2D eigenvalue weighted by molar-refractivity contribution is 5.79. The molecular weight excluding hydrogens is 528 g/mol. The molecule has 2 aromatic rings. The van der Waals surface area contributed by atoms with Crippen LogP contribution < -0.4 is 10.6 Å². The Kier molecular flexibility index (Phi) is 10.4. The number of rotatable bonds is 10. The quantitative estimate of drug-likeness (QED) is 0.285. The molecule has 2 aliphatic rings. The first-order valence-electron chi connectivity index (χ1n) is 14.8. The van der Waals surface area contributed by atoms with Crippen molar-refractivity contribution in [1.29, 1.82) is 0 Å². The van der Waals surface area contributed by atoms with Gasteiger partial charge in [0.25, 0.3) is 0 Å². The van der Waals surface area contributed by atoms with E-state index < -0.39 is 29.2 Å². The average Bonchev–Trinajstić information content (AvgIpc) is 2.95. The standard InChI is InChI=1S/C32H43F2N3O4/c1-21-6-3-7-24(16-21)29-27(17-26(33)18-28(29)34)32(41,13-5-14-36-31(39)40)25-8-4-15-37(20-25)30(38)23-11-9-22(10-12-23)19-35-2/h3,6-7,16-18,22-23,25,35-36,41H,4-5,8-15,19-20H2,1-2H3,(H,39,40)/t22?,23?,25-,32+/m1/s1. The molecule has 1 saturated heterocycles. The van der Waals surface area contributed by atoms with Crippen LogP contribution in [0.1, 0.15) is 62.5 Å². The zero-order valence-electron chi connectivity index (χ0n) is 24.1. The molecule has 41 heavy (non-hydrogen) atoms. The van der Waals surface area contributed by atoms with Crippen LogP contribution in [0.3, 0.4) is 0 Å². The van der Waals surface area contributed by atoms with Gasteiger partial charge in [-0.3, -0.25) is 4.79 Å². The van der Waals surface area contributed by atoms with E-state index in [9.17, 15) is 19.1 Å². The molecule has 4 N–H and O–H groups in total. The fourth-order valence-corrected chi connectivity index (χ4v) is 6.85. The number of hydrogen-bond donors (Lipinski definition) is 4. The predicted octanol–water partition coefficient (Wildman–Crippen LogP) is 5.44. The molecule has 0 unspecified atom stereocenters. The lowest BCUT2D eigenvalue weighted by atomic mass is 9.71. The van der Waals surface area contributed by atoms with Crippen molar-refractivity contribution in [1.82, 2.24) is 15.5 Å². The second-order valence-electron chi connectivity index (χ2n) is 11.8. The van der Waals surface area contributed by atoms with Gasteiger partial charge in [0.15, 0.2) is 0 Å². The molecule has 224 valence electrons. The summed E-state index contributed by atoms with van der Waals surface area (Å²) in [6.07, 6.45) is 4.07. The summed E-state index contributed by atoms with van der Waals surface area (Å²) in [5.41, 5.74) is 0.0100. The van der Waals surface area contributed by atoms with E-state index in [1.807, 2.05) is 24.9 Å². The first-order chi connectivity index (χ1) is 19.6. The van der Waals surface area contributed by atoms with Crippen molar-refractivity contribution in [2.45, 2.75) is 63.9 Å². The topological polar surface area (TPSA) is 102 Å². The molecule has 4 rings (SSSR count). The summed E-state index contributed by atoms with van der Waals surface area (Å²) in [7, 11) is 1.94. The van der Waals surface area contributed by atoms with Gasteiger partial charge >= 0.3 is 6.09 Å². The SMILES string of the molecule is CNCC1CCC(C(=O)N2CCC[C@@H]([C@@](O)(CCCNC(=O)O)c3cc(F)cc(F)c3-c3cccc(C)c3)C2)CC1. The highest BCUT2D eigenvalue weighted by Crippen LogP contribution is 2.45. The van der Waals surface area contributed by atoms with E-state index in [1.165, 1.54) is 6.07 Å². The molecule has 9 heteroatoms. The zero-order valence-corrected chi connectivity index (χ0v) is 24.1. The van der Waals surface area contributed by atoms with Crippen LogP contribution in [0.15, 0.2) is 36.4 Å². The Labute approximate surface area is 241 Å². The van der Waals surface area contributed by atoms with Crippen molar-refractivity contribution < 1.29 is 28.6 Å². The van der Waals surface area contributed by atoms with E-state index in [1.54, 1.807) is 18.2 Å². The maximum absolute atomic E-state index is 15.5. The monoisotopic (exact) mass is 571 g/mol. The van der Waals surface area contributed by atoms with Gasteiger partial charge < -0.3 is 25.7 Å². The van der Waals surface area contributed by atoms with Gasteiger partial charge in [-0.2, -0.15) is 0 Å². The van der Waals surface area contributed by atoms with Crippen LogP contribution in [0.2, 0.25) is 0 Å². The van der Waals surface area contributed by atoms with Crippen molar-refractivity contribution in [3.63, 3.8) is 0 Å². The predicted molar refractivity (Wildman–Crippen MR) is 154 cm³/mol. The van der Waals surface area contributed by atoms with Crippen molar-refractivity contribution in [2.24, 2.45) is 17.8 Å². The number of carbonyl (C=O) groups excluding carboxylic acids is 1. The molecule has 1 heterocycles. The summed E-state index contributed by atoms with van der Waals surface area (Å²) < 4.78 is 30.4. The van der Waals surface area contributed by atoms with Crippen LogP contribution >= 0.6 is 0 Å². The molecule has 2 fully saturated rings. The number of nitrogens with zero attached hydrogens (tertiary/aromatic N) is 1. The minimum Gasteiger partial charge on any atom is -0.465 e. The Morgan fingerprint density at radius 2 is 1.85 bits per heavy atom. The van der Waals surface area contributed by atoms with Crippen molar-refractivity contribution >= 4 is 12.0 Å². The Bertz CT molecular complexity index is 1220. The van der Waals surface area contributed by atoms with Crippen LogP contribution in [0.5, 0.6) is 0 Å². The highest BCUT2D eigenvalue weighted by Gasteiger charge is 2.44. The van der Waals surface area contributed by atoms with E-state index in [-0.39, 0.29) is 48.9 Å². The van der Waals surface area contributed by atoms with Gasteiger partial charge in [0, 0.05) is 43.1 Å². The molecule has 1 saturated carbocycles. The third-order valence-corrected chi connectivity index (χ3v) is 8.94. The summed E-state index contributed by atoms with van der Waals surface area (Å²) in [6.45, 7) is 3.78. The van der Waals surface area contributed by atoms with Gasteiger partial charge in [0.05, 0.1) is 5.60 Å². The van der Waals surface area contributed by atoms with Crippen molar-refractivity contribution in [2.75, 3.05) is 33.2 Å². The molecule has 1 aliphatic heterocycles. The first-order valence-corrected chi connectivity index (χ1v) is 14.8. The van der Waals surface area contributed by atoms with Gasteiger partial charge in [-0.15, -0.1) is 0 Å². The van der Waals surface area contributed by atoms with E-state index in [0.29, 0.717) is 30.9 Å². The van der Waals surface area contributed by atoms with Crippen LogP contribution in [0, 0.1) is 36.3 Å². The summed E-state index contributed by atoms with van der Waals surface area (Å²) in [5, 5.41) is 27.1. The van der Waals surface area contributed by atoms with Crippen LogP contribution in [0.4, 0.5) is 13.6 Å². The summed E-state index contributed by atoms with van der Waals surface area (Å²) >= 11 is 0. The lowest BCUT2D eigenvalue weighted by Gasteiger charge is -2.44. The molecule has 2 amide bonds. The summed E-state index contributed by atoms with van der Waals surface area (Å²) in [4.78, 5) is 26.5. The molecule has 2 atom stereocenters. The molecule has 7 nitrogen and oxygen atoms in total. The van der Waals surface area contributed by atoms with Crippen LogP contribution in [-0.2, 0) is 10.4 Å². The number of amides is 2. The number of benzene rings is 2. The fraction of sp³-hybridized carbons (Fsp3) is 0.562. The second-order valence-corrected chi connectivity index (χ2v) is 11.8. The first kappa shape index (κ1) is 30.9. The molecule has 0 aromatic heterocycles. The van der Waals surface area contributed by atoms with Crippen LogP contribution in [0.25, 0.3) is 11.1 Å². The number of carbonyl (C=O) groups is 2. The van der Waals surface area contributed by atoms with E-state index >= 15 is 4.39 Å². The number of likely N-dealkylation sites (tertiary alicyclic amines) is 1. The zero-order chi connectivity index (χ0) is 29.6. The molecule has 1 aliphatic carbocycles. The molecule has 0 spiro atoms. The minimum atomic E-state index is -1.69. The van der Waals surface area contributed by atoms with Crippen molar-refractivity contribution in [3.05, 3.63) is 59.2 Å². The number of nitrogens with one attached hydrogen (secondary N) is 2. The van der Waals surface area contributed by atoms with Gasteiger partial charge in [-0.05, 0) is 95.0 Å². The number of aliphatic hydroxyl groups is 1. The fourth-order valence-electron chi connectivity index (χ4n) is 6.85. The Hall–Kier alpha value is -3.04. The summed E-state index contributed by atoms with van der Waals surface area (Å²) in [6, 6.07) is 9.24. The number of carboxylic acid groups (broad SMARTS) is 1. The molecule has 0 radical (unpaired) electrons. The molecule has 2 aromatic carbocycles. The van der Waals surface area contributed by atoms with Gasteiger partial charge in [0.2, 0.25) is 5.91 Å². The number of aryl methyl sites for hydroxylation is 1. The number of halogens is 2. The molecule has 0 bridgehead atoms. The number of hydrogen-bond acceptors (Lipinski definition) is 4. The highest BCUT2D eigenvalue weighted by atomic mass is 19.1.